The summed E-state index contributed by atoms with van der Waals surface area (Å²) in [6, 6.07) is 5.32. The average Bonchev–Trinajstić information content (AvgIpc) is 2.94. The fraction of sp³-hybridized carbons (Fsp3) is 0.0909. The molecule has 0 saturated carbocycles. The molecule has 0 spiro atoms. The number of methoxy groups -OCH3 is 1. The summed E-state index contributed by atoms with van der Waals surface area (Å²) in [5.41, 5.74) is 1.72. The Kier molecular flexibility index (Phi) is 2.88. The molecule has 0 aliphatic carbocycles. The third-order valence-corrected chi connectivity index (χ3v) is 3.56. The molecule has 1 aromatic heterocycles. The number of nitrogens with zero attached hydrogens (tertiary/aromatic N) is 2. The van der Waals surface area contributed by atoms with Crippen molar-refractivity contribution >= 4 is 46.0 Å². The van der Waals surface area contributed by atoms with Gasteiger partial charge in [-0.3, -0.25) is 9.89 Å². The Labute approximate surface area is 117 Å². The number of H-pyrrole nitrogens is 1. The zero-order valence-corrected chi connectivity index (χ0v) is 11.4. The number of rotatable bonds is 2. The van der Waals surface area contributed by atoms with Crippen molar-refractivity contribution in [2.24, 2.45) is 4.99 Å². The average molecular weight is 292 g/mol. The monoisotopic (exact) mass is 292 g/mol. The summed E-state index contributed by atoms with van der Waals surface area (Å²) in [5, 5.41) is 9.71. The standard InChI is InChI=1S/C11H8N4O2S2/c1-17-5-2-3-7-6(4-5)8(9(16)12-7)13-10-14-15-11(18)19-10/h2-4H,1H3,(H,15,18)(H,12,13,14,16). The Bertz CT molecular complexity index is 747. The SMILES string of the molecule is COc1ccc2c(c1)/C(=N/c1n[nH]c(=S)s1)C(=O)N2. The summed E-state index contributed by atoms with van der Waals surface area (Å²) in [7, 11) is 1.57. The maximum Gasteiger partial charge on any atom is 0.275 e. The van der Waals surface area contributed by atoms with Crippen LogP contribution < -0.4 is 10.1 Å². The van der Waals surface area contributed by atoms with E-state index in [1.807, 2.05) is 0 Å². The lowest BCUT2D eigenvalue weighted by Gasteiger charge is -2.01. The van der Waals surface area contributed by atoms with Crippen LogP contribution in [0.15, 0.2) is 23.2 Å². The Morgan fingerprint density at radius 2 is 2.32 bits per heavy atom. The minimum Gasteiger partial charge on any atom is -0.497 e. The van der Waals surface area contributed by atoms with Crippen LogP contribution in [0.3, 0.4) is 0 Å². The molecule has 6 nitrogen and oxygen atoms in total. The second-order valence-electron chi connectivity index (χ2n) is 3.72. The summed E-state index contributed by atoms with van der Waals surface area (Å²) in [6.45, 7) is 0. The molecule has 1 aromatic carbocycles. The third-order valence-electron chi connectivity index (χ3n) is 2.58. The topological polar surface area (TPSA) is 79.4 Å². The lowest BCUT2D eigenvalue weighted by molar-refractivity contribution is -0.110. The molecule has 2 aromatic rings. The molecule has 0 fully saturated rings. The molecule has 0 atom stereocenters. The summed E-state index contributed by atoms with van der Waals surface area (Å²) >= 11 is 6.14. The highest BCUT2D eigenvalue weighted by molar-refractivity contribution is 7.73. The first kappa shape index (κ1) is 12.0. The largest absolute Gasteiger partial charge is 0.497 e. The van der Waals surface area contributed by atoms with Crippen molar-refractivity contribution in [2.75, 3.05) is 12.4 Å². The van der Waals surface area contributed by atoms with E-state index in [-0.39, 0.29) is 5.91 Å². The Balaban J connectivity index is 2.11. The van der Waals surface area contributed by atoms with Gasteiger partial charge in [0, 0.05) is 5.56 Å². The van der Waals surface area contributed by atoms with Gasteiger partial charge in [0.2, 0.25) is 5.13 Å². The molecule has 2 N–H and O–H groups in total. The molecule has 0 radical (unpaired) electrons. The number of ether oxygens (including phenoxy) is 1. The van der Waals surface area contributed by atoms with E-state index < -0.39 is 0 Å². The van der Waals surface area contributed by atoms with E-state index in [0.29, 0.717) is 31.8 Å². The van der Waals surface area contributed by atoms with Crippen molar-refractivity contribution in [1.29, 1.82) is 0 Å². The number of hydrogen-bond donors (Lipinski definition) is 2. The summed E-state index contributed by atoms with van der Waals surface area (Å²) < 4.78 is 5.66. The number of aliphatic imine (C=N–C) groups is 1. The van der Waals surface area contributed by atoms with Gasteiger partial charge in [0.25, 0.3) is 5.91 Å². The fourth-order valence-corrected chi connectivity index (χ4v) is 2.49. The zero-order valence-electron chi connectivity index (χ0n) is 9.76. The van der Waals surface area contributed by atoms with Crippen LogP contribution in [0, 0.1) is 3.95 Å². The molecule has 2 heterocycles. The van der Waals surface area contributed by atoms with Crippen molar-refractivity contribution in [3.63, 3.8) is 0 Å². The van der Waals surface area contributed by atoms with Crippen LogP contribution in [0.4, 0.5) is 10.8 Å². The normalized spacial score (nSPS) is 15.4. The fourth-order valence-electron chi connectivity index (χ4n) is 1.74. The Morgan fingerprint density at radius 3 is 3.00 bits per heavy atom. The van der Waals surface area contributed by atoms with Crippen LogP contribution in [-0.2, 0) is 4.79 Å². The summed E-state index contributed by atoms with van der Waals surface area (Å²) in [6.07, 6.45) is 0. The molecule has 8 heteroatoms. The van der Waals surface area contributed by atoms with E-state index in [9.17, 15) is 4.79 Å². The number of carbonyl (C=O) groups is 1. The number of hydrogen-bond acceptors (Lipinski definition) is 6. The number of benzene rings is 1. The minimum atomic E-state index is -0.260. The highest BCUT2D eigenvalue weighted by atomic mass is 32.1. The van der Waals surface area contributed by atoms with Gasteiger partial charge in [-0.1, -0.05) is 11.3 Å². The predicted octanol–water partition coefficient (Wildman–Crippen LogP) is 2.28. The molecule has 19 heavy (non-hydrogen) atoms. The predicted molar refractivity (Wildman–Crippen MR) is 75.1 cm³/mol. The first-order chi connectivity index (χ1) is 9.17. The quantitative estimate of drug-likeness (QED) is 0.832. The number of aromatic amines is 1. The Hall–Kier alpha value is -2.06. The minimum absolute atomic E-state index is 0.260. The molecule has 1 aliphatic rings. The molecule has 0 saturated heterocycles. The van der Waals surface area contributed by atoms with Gasteiger partial charge in [-0.2, -0.15) is 0 Å². The highest BCUT2D eigenvalue weighted by Gasteiger charge is 2.26. The van der Waals surface area contributed by atoms with Gasteiger partial charge in [0.05, 0.1) is 12.8 Å². The van der Waals surface area contributed by atoms with Gasteiger partial charge in [-0.15, -0.1) is 5.10 Å². The summed E-state index contributed by atoms with van der Waals surface area (Å²) in [5.74, 6) is 0.405. The van der Waals surface area contributed by atoms with Crippen molar-refractivity contribution in [2.45, 2.75) is 0 Å². The lowest BCUT2D eigenvalue weighted by atomic mass is 10.1. The molecule has 96 valence electrons. The second-order valence-corrected chi connectivity index (χ2v) is 5.37. The molecule has 0 bridgehead atoms. The first-order valence-corrected chi connectivity index (χ1v) is 6.54. The number of nitrogens with one attached hydrogen (secondary N) is 2. The number of carbonyl (C=O) groups excluding carboxylic acids is 1. The van der Waals surface area contributed by atoms with E-state index in [4.69, 9.17) is 17.0 Å². The summed E-state index contributed by atoms with van der Waals surface area (Å²) in [4.78, 5) is 16.1. The molecular weight excluding hydrogens is 284 g/mol. The third kappa shape index (κ3) is 2.15. The molecule has 1 amide bonds. The number of fused-ring (bicyclic) bond motifs is 1. The van der Waals surface area contributed by atoms with Crippen LogP contribution in [0.25, 0.3) is 0 Å². The maximum atomic E-state index is 11.9. The van der Waals surface area contributed by atoms with Crippen LogP contribution in [-0.4, -0.2) is 28.9 Å². The maximum absolute atomic E-state index is 11.9. The van der Waals surface area contributed by atoms with Gasteiger partial charge in [-0.05, 0) is 30.4 Å². The van der Waals surface area contributed by atoms with Crippen molar-refractivity contribution in [3.8, 4) is 5.75 Å². The van der Waals surface area contributed by atoms with Gasteiger partial charge in [0.1, 0.15) is 11.5 Å². The van der Waals surface area contributed by atoms with Crippen LogP contribution >= 0.6 is 23.6 Å². The Morgan fingerprint density at radius 1 is 1.47 bits per heavy atom. The van der Waals surface area contributed by atoms with Crippen molar-refractivity contribution in [1.82, 2.24) is 10.2 Å². The van der Waals surface area contributed by atoms with Crippen LogP contribution in [0.2, 0.25) is 0 Å². The molecule has 3 rings (SSSR count). The smallest absolute Gasteiger partial charge is 0.275 e. The first-order valence-electron chi connectivity index (χ1n) is 5.31. The zero-order chi connectivity index (χ0) is 13.4. The number of anilines is 1. The van der Waals surface area contributed by atoms with E-state index in [1.54, 1.807) is 25.3 Å². The van der Waals surface area contributed by atoms with Crippen molar-refractivity contribution in [3.05, 3.63) is 27.7 Å². The van der Waals surface area contributed by atoms with Crippen LogP contribution in [0.5, 0.6) is 5.75 Å². The number of aromatic nitrogens is 2. The second kappa shape index (κ2) is 4.56. The molecule has 0 unspecified atom stereocenters. The van der Waals surface area contributed by atoms with Crippen molar-refractivity contribution < 1.29 is 9.53 Å². The van der Waals surface area contributed by atoms with E-state index in [0.717, 1.165) is 0 Å². The molecular formula is C11H8N4O2S2. The van der Waals surface area contributed by atoms with E-state index >= 15 is 0 Å². The van der Waals surface area contributed by atoms with E-state index in [1.165, 1.54) is 11.3 Å². The van der Waals surface area contributed by atoms with Crippen LogP contribution in [0.1, 0.15) is 5.56 Å². The lowest BCUT2D eigenvalue weighted by Crippen LogP contribution is -2.13. The van der Waals surface area contributed by atoms with Gasteiger partial charge in [-0.25, -0.2) is 4.99 Å². The van der Waals surface area contributed by atoms with Gasteiger partial charge in [0.15, 0.2) is 3.95 Å². The highest BCUT2D eigenvalue weighted by Crippen LogP contribution is 2.29. The number of amides is 1. The van der Waals surface area contributed by atoms with Gasteiger partial charge < -0.3 is 10.1 Å². The van der Waals surface area contributed by atoms with E-state index in [2.05, 4.69) is 20.5 Å². The van der Waals surface area contributed by atoms with Gasteiger partial charge >= 0.3 is 0 Å². The molecule has 1 aliphatic heterocycles.